The van der Waals surface area contributed by atoms with Crippen LogP contribution >= 0.6 is 0 Å². The van der Waals surface area contributed by atoms with Crippen LogP contribution in [0.15, 0.2) is 47.2 Å². The first-order valence-corrected chi connectivity index (χ1v) is 6.46. The first-order valence-electron chi connectivity index (χ1n) is 6.46. The maximum absolute atomic E-state index is 11.9. The van der Waals surface area contributed by atoms with Gasteiger partial charge in [-0.2, -0.15) is 0 Å². The second kappa shape index (κ2) is 6.00. The molecule has 8 nitrogen and oxygen atoms in total. The van der Waals surface area contributed by atoms with Gasteiger partial charge in [0.1, 0.15) is 5.76 Å². The molecule has 0 bridgehead atoms. The second-order valence-electron chi connectivity index (χ2n) is 4.45. The van der Waals surface area contributed by atoms with Crippen LogP contribution in [0.25, 0.3) is 0 Å². The number of hydrogen-bond donors (Lipinski definition) is 2. The van der Waals surface area contributed by atoms with Crippen LogP contribution in [0.2, 0.25) is 0 Å². The Bertz CT molecular complexity index is 770. The molecule has 8 heteroatoms. The minimum atomic E-state index is -0.296. The summed E-state index contributed by atoms with van der Waals surface area (Å²) in [6.45, 7) is 1.79. The van der Waals surface area contributed by atoms with Crippen LogP contribution in [0, 0.1) is 6.92 Å². The molecule has 2 N–H and O–H groups in total. The predicted octanol–water partition coefficient (Wildman–Crippen LogP) is 2.16. The molecule has 0 spiro atoms. The Balaban J connectivity index is 1.65. The second-order valence-corrected chi connectivity index (χ2v) is 4.45. The van der Waals surface area contributed by atoms with E-state index >= 15 is 0 Å². The molecule has 0 aliphatic heterocycles. The number of anilines is 3. The number of amides is 1. The van der Waals surface area contributed by atoms with Crippen LogP contribution in [0.5, 0.6) is 0 Å². The van der Waals surface area contributed by atoms with E-state index in [0.717, 1.165) is 0 Å². The summed E-state index contributed by atoms with van der Waals surface area (Å²) < 4.78 is 4.94. The monoisotopic (exact) mass is 296 g/mol. The lowest BCUT2D eigenvalue weighted by atomic mass is 10.3. The summed E-state index contributed by atoms with van der Waals surface area (Å²) in [7, 11) is 0. The third kappa shape index (κ3) is 3.23. The van der Waals surface area contributed by atoms with Gasteiger partial charge in [-0.1, -0.05) is 5.16 Å². The molecule has 0 saturated carbocycles. The van der Waals surface area contributed by atoms with Crippen molar-refractivity contribution in [3.05, 3.63) is 54.0 Å². The van der Waals surface area contributed by atoms with Crippen LogP contribution in [-0.2, 0) is 0 Å². The summed E-state index contributed by atoms with van der Waals surface area (Å²) in [5.41, 5.74) is 0.449. The van der Waals surface area contributed by atoms with E-state index in [1.807, 2.05) is 0 Å². The molecule has 3 rings (SSSR count). The Morgan fingerprint density at radius 3 is 2.59 bits per heavy atom. The molecular formula is C14H12N6O2. The van der Waals surface area contributed by atoms with Gasteiger partial charge in [0.05, 0.1) is 5.56 Å². The molecule has 0 radical (unpaired) electrons. The van der Waals surface area contributed by atoms with Crippen molar-refractivity contribution in [2.24, 2.45) is 0 Å². The highest BCUT2D eigenvalue weighted by Gasteiger charge is 2.07. The molecule has 0 aliphatic carbocycles. The third-order valence-corrected chi connectivity index (χ3v) is 2.71. The number of carbonyl (C=O) groups is 1. The summed E-state index contributed by atoms with van der Waals surface area (Å²) in [6.07, 6.45) is 3.08. The maximum Gasteiger partial charge on any atom is 0.258 e. The lowest BCUT2D eigenvalue weighted by Gasteiger charge is -2.04. The summed E-state index contributed by atoms with van der Waals surface area (Å²) in [5.74, 6) is 1.77. The minimum Gasteiger partial charge on any atom is -0.360 e. The van der Waals surface area contributed by atoms with E-state index in [1.165, 1.54) is 6.20 Å². The number of aromatic nitrogens is 4. The highest BCUT2D eigenvalue weighted by molar-refractivity contribution is 6.03. The SMILES string of the molecule is Cc1cc(Nc2ccc(NC(=O)c3cccnc3)nn2)no1. The average molecular weight is 296 g/mol. The van der Waals surface area contributed by atoms with E-state index < -0.39 is 0 Å². The molecule has 3 aromatic rings. The lowest BCUT2D eigenvalue weighted by molar-refractivity contribution is 0.102. The van der Waals surface area contributed by atoms with E-state index in [-0.39, 0.29) is 5.91 Å². The zero-order valence-corrected chi connectivity index (χ0v) is 11.6. The zero-order chi connectivity index (χ0) is 15.4. The smallest absolute Gasteiger partial charge is 0.258 e. The standard InChI is InChI=1S/C14H12N6O2/c1-9-7-13(20-22-9)16-11-4-5-12(19-18-11)17-14(21)10-3-2-6-15-8-10/h2-8H,1H3,(H,16,18,20)(H,17,19,21). The molecule has 3 heterocycles. The molecular weight excluding hydrogens is 284 g/mol. The molecule has 110 valence electrons. The Hall–Kier alpha value is -3.29. The topological polar surface area (TPSA) is 106 Å². The third-order valence-electron chi connectivity index (χ3n) is 2.71. The van der Waals surface area contributed by atoms with Gasteiger partial charge >= 0.3 is 0 Å². The number of nitrogens with one attached hydrogen (secondary N) is 2. The Kier molecular flexibility index (Phi) is 3.73. The largest absolute Gasteiger partial charge is 0.360 e. The van der Waals surface area contributed by atoms with E-state index in [0.29, 0.717) is 28.8 Å². The average Bonchev–Trinajstić information content (AvgIpc) is 2.95. The molecule has 0 atom stereocenters. The molecule has 0 fully saturated rings. The highest BCUT2D eigenvalue weighted by atomic mass is 16.5. The van der Waals surface area contributed by atoms with Crippen molar-refractivity contribution in [2.75, 3.05) is 10.6 Å². The lowest BCUT2D eigenvalue weighted by Crippen LogP contribution is -2.13. The van der Waals surface area contributed by atoms with Crippen molar-refractivity contribution in [3.63, 3.8) is 0 Å². The molecule has 0 aliphatic rings. The fourth-order valence-electron chi connectivity index (χ4n) is 1.71. The van der Waals surface area contributed by atoms with Gasteiger partial charge in [0.2, 0.25) is 0 Å². The summed E-state index contributed by atoms with van der Waals surface area (Å²) in [6, 6.07) is 8.40. The van der Waals surface area contributed by atoms with Crippen molar-refractivity contribution in [1.29, 1.82) is 0 Å². The number of hydrogen-bond acceptors (Lipinski definition) is 7. The highest BCUT2D eigenvalue weighted by Crippen LogP contribution is 2.14. The minimum absolute atomic E-state index is 0.296. The first-order chi connectivity index (χ1) is 10.7. The number of carbonyl (C=O) groups excluding carboxylic acids is 1. The Morgan fingerprint density at radius 1 is 1.14 bits per heavy atom. The van der Waals surface area contributed by atoms with Gasteiger partial charge in [-0.25, -0.2) is 0 Å². The van der Waals surface area contributed by atoms with Gasteiger partial charge < -0.3 is 15.2 Å². The van der Waals surface area contributed by atoms with E-state index in [4.69, 9.17) is 4.52 Å². The van der Waals surface area contributed by atoms with Crippen LogP contribution in [-0.4, -0.2) is 26.2 Å². The number of aryl methyl sites for hydroxylation is 1. The molecule has 0 saturated heterocycles. The van der Waals surface area contributed by atoms with Gasteiger partial charge in [-0.3, -0.25) is 9.78 Å². The molecule has 0 unspecified atom stereocenters. The van der Waals surface area contributed by atoms with Crippen LogP contribution in [0.1, 0.15) is 16.1 Å². The summed E-state index contributed by atoms with van der Waals surface area (Å²) >= 11 is 0. The number of pyridine rings is 1. The number of nitrogens with zero attached hydrogens (tertiary/aromatic N) is 4. The van der Waals surface area contributed by atoms with E-state index in [1.54, 1.807) is 43.5 Å². The fourth-order valence-corrected chi connectivity index (χ4v) is 1.71. The van der Waals surface area contributed by atoms with Crippen LogP contribution in [0.3, 0.4) is 0 Å². The summed E-state index contributed by atoms with van der Waals surface area (Å²) in [5, 5.41) is 17.2. The van der Waals surface area contributed by atoms with Gasteiger partial charge in [-0.05, 0) is 31.2 Å². The predicted molar refractivity (Wildman–Crippen MR) is 78.7 cm³/mol. The normalized spacial score (nSPS) is 10.2. The molecule has 3 aromatic heterocycles. The van der Waals surface area contributed by atoms with Crippen molar-refractivity contribution in [1.82, 2.24) is 20.3 Å². The zero-order valence-electron chi connectivity index (χ0n) is 11.6. The van der Waals surface area contributed by atoms with Gasteiger partial charge in [0, 0.05) is 18.5 Å². The molecule has 22 heavy (non-hydrogen) atoms. The van der Waals surface area contributed by atoms with Gasteiger partial charge in [0.15, 0.2) is 17.5 Å². The van der Waals surface area contributed by atoms with Crippen molar-refractivity contribution >= 4 is 23.4 Å². The van der Waals surface area contributed by atoms with E-state index in [9.17, 15) is 4.79 Å². The quantitative estimate of drug-likeness (QED) is 0.759. The van der Waals surface area contributed by atoms with Crippen molar-refractivity contribution < 1.29 is 9.32 Å². The molecule has 1 amide bonds. The number of rotatable bonds is 4. The van der Waals surface area contributed by atoms with Crippen molar-refractivity contribution in [3.8, 4) is 0 Å². The Labute approximate surface area is 125 Å². The maximum atomic E-state index is 11.9. The van der Waals surface area contributed by atoms with Crippen LogP contribution in [0.4, 0.5) is 17.5 Å². The van der Waals surface area contributed by atoms with Gasteiger partial charge in [0.25, 0.3) is 5.91 Å². The summed E-state index contributed by atoms with van der Waals surface area (Å²) in [4.78, 5) is 15.8. The van der Waals surface area contributed by atoms with Gasteiger partial charge in [-0.15, -0.1) is 10.2 Å². The van der Waals surface area contributed by atoms with Crippen LogP contribution < -0.4 is 10.6 Å². The Morgan fingerprint density at radius 2 is 1.95 bits per heavy atom. The van der Waals surface area contributed by atoms with E-state index in [2.05, 4.69) is 31.0 Å². The molecule has 0 aromatic carbocycles. The fraction of sp³-hybridized carbons (Fsp3) is 0.0714. The first kappa shape index (κ1) is 13.7. The van der Waals surface area contributed by atoms with Crippen molar-refractivity contribution in [2.45, 2.75) is 6.92 Å².